The Kier molecular flexibility index (Phi) is 6.85. The third-order valence-electron chi connectivity index (χ3n) is 3.69. The summed E-state index contributed by atoms with van der Waals surface area (Å²) in [7, 11) is -1.96. The molecule has 0 bridgehead atoms. The van der Waals surface area contributed by atoms with Gasteiger partial charge in [0.2, 0.25) is 0 Å². The predicted molar refractivity (Wildman–Crippen MR) is 77.1 cm³/mol. The largest absolute Gasteiger partial charge is 0.394 e. The highest BCUT2D eigenvalue weighted by Gasteiger charge is 2.41. The molecule has 4 heteroatoms. The minimum Gasteiger partial charge on any atom is -0.394 e. The number of hydrogen-bond donors (Lipinski definition) is 0. The fraction of sp³-hybridized carbons (Fsp3) is 1.00. The van der Waals surface area contributed by atoms with Crippen LogP contribution in [0.3, 0.4) is 0 Å². The van der Waals surface area contributed by atoms with Gasteiger partial charge in [0.05, 0.1) is 13.2 Å². The molecule has 0 atom stereocenters. The van der Waals surface area contributed by atoms with Crippen LogP contribution in [-0.4, -0.2) is 35.0 Å². The molecule has 108 valence electrons. The summed E-state index contributed by atoms with van der Waals surface area (Å²) in [6, 6.07) is 2.17. The Bertz CT molecular complexity index is 221. The Morgan fingerprint density at radius 1 is 1.06 bits per heavy atom. The van der Waals surface area contributed by atoms with Gasteiger partial charge in [0.1, 0.15) is 0 Å². The lowest BCUT2D eigenvalue weighted by molar-refractivity contribution is -0.104. The molecule has 1 aliphatic heterocycles. The molecule has 0 radical (unpaired) electrons. The van der Waals surface area contributed by atoms with Gasteiger partial charge in [-0.1, -0.05) is 27.7 Å². The van der Waals surface area contributed by atoms with Crippen LogP contribution in [0.4, 0.5) is 0 Å². The molecule has 0 N–H and O–H groups in total. The maximum atomic E-state index is 6.17. The highest BCUT2D eigenvalue weighted by molar-refractivity contribution is 6.67. The van der Waals surface area contributed by atoms with E-state index in [-0.39, 0.29) is 0 Å². The first-order valence-corrected chi connectivity index (χ1v) is 9.68. The molecule has 1 saturated heterocycles. The maximum Gasteiger partial charge on any atom is 0.337 e. The standard InChI is InChI=1S/C14H30O3Si/c1-5-9-16-18(7-3,17-10-6-2)11-8-14(4)12-15-13-14/h5-13H2,1-4H3. The molecule has 18 heavy (non-hydrogen) atoms. The maximum absolute atomic E-state index is 6.17. The Balaban J connectivity index is 2.49. The lowest BCUT2D eigenvalue weighted by Gasteiger charge is -2.40. The molecule has 0 spiro atoms. The normalized spacial score (nSPS) is 18.7. The molecule has 1 heterocycles. The number of rotatable bonds is 10. The van der Waals surface area contributed by atoms with E-state index in [9.17, 15) is 0 Å². The molecule has 0 aromatic heterocycles. The first kappa shape index (κ1) is 16.2. The van der Waals surface area contributed by atoms with Crippen molar-refractivity contribution in [2.45, 2.75) is 59.0 Å². The summed E-state index contributed by atoms with van der Waals surface area (Å²) in [5.74, 6) is 0. The van der Waals surface area contributed by atoms with Crippen molar-refractivity contribution >= 4 is 8.56 Å². The van der Waals surface area contributed by atoms with Crippen LogP contribution in [0.2, 0.25) is 12.1 Å². The summed E-state index contributed by atoms with van der Waals surface area (Å²) in [5.41, 5.74) is 0.374. The Labute approximate surface area is 113 Å². The second-order valence-corrected chi connectivity index (χ2v) is 9.37. The van der Waals surface area contributed by atoms with Crippen molar-refractivity contribution in [1.29, 1.82) is 0 Å². The van der Waals surface area contributed by atoms with E-state index in [1.165, 1.54) is 6.42 Å². The molecule has 1 aliphatic rings. The lowest BCUT2D eigenvalue weighted by Crippen LogP contribution is -2.46. The third kappa shape index (κ3) is 4.65. The van der Waals surface area contributed by atoms with E-state index in [1.807, 2.05) is 0 Å². The fourth-order valence-electron chi connectivity index (χ4n) is 2.23. The van der Waals surface area contributed by atoms with Crippen molar-refractivity contribution in [3.8, 4) is 0 Å². The van der Waals surface area contributed by atoms with Gasteiger partial charge in [0, 0.05) is 18.6 Å². The zero-order valence-corrected chi connectivity index (χ0v) is 13.6. The van der Waals surface area contributed by atoms with Crippen LogP contribution in [0.25, 0.3) is 0 Å². The first-order valence-electron chi connectivity index (χ1n) is 7.45. The zero-order chi connectivity index (χ0) is 13.5. The highest BCUT2D eigenvalue weighted by atomic mass is 28.4. The van der Waals surface area contributed by atoms with Crippen LogP contribution < -0.4 is 0 Å². The van der Waals surface area contributed by atoms with Crippen molar-refractivity contribution in [1.82, 2.24) is 0 Å². The summed E-state index contributed by atoms with van der Waals surface area (Å²) in [6.45, 7) is 12.4. The van der Waals surface area contributed by atoms with Gasteiger partial charge in [-0.2, -0.15) is 0 Å². The average Bonchev–Trinajstić information content (AvgIpc) is 2.36. The van der Waals surface area contributed by atoms with Crippen molar-refractivity contribution in [3.63, 3.8) is 0 Å². The summed E-state index contributed by atoms with van der Waals surface area (Å²) < 4.78 is 17.7. The van der Waals surface area contributed by atoms with E-state index in [1.54, 1.807) is 0 Å². The molecule has 0 aliphatic carbocycles. The van der Waals surface area contributed by atoms with Gasteiger partial charge in [-0.3, -0.25) is 0 Å². The van der Waals surface area contributed by atoms with E-state index in [0.717, 1.165) is 51.4 Å². The average molecular weight is 274 g/mol. The molecular weight excluding hydrogens is 244 g/mol. The number of hydrogen-bond acceptors (Lipinski definition) is 3. The molecule has 0 unspecified atom stereocenters. The Hall–Kier alpha value is 0.0969. The zero-order valence-electron chi connectivity index (χ0n) is 12.6. The van der Waals surface area contributed by atoms with Gasteiger partial charge in [-0.15, -0.1) is 0 Å². The topological polar surface area (TPSA) is 27.7 Å². The van der Waals surface area contributed by atoms with Crippen LogP contribution >= 0.6 is 0 Å². The monoisotopic (exact) mass is 274 g/mol. The van der Waals surface area contributed by atoms with Crippen molar-refractivity contribution in [2.24, 2.45) is 5.41 Å². The lowest BCUT2D eigenvalue weighted by atomic mass is 9.86. The molecule has 0 saturated carbocycles. The predicted octanol–water partition coefficient (Wildman–Crippen LogP) is 3.73. The van der Waals surface area contributed by atoms with Crippen LogP contribution in [0.1, 0.15) is 47.0 Å². The highest BCUT2D eigenvalue weighted by Crippen LogP contribution is 2.35. The van der Waals surface area contributed by atoms with Crippen molar-refractivity contribution in [2.75, 3.05) is 26.4 Å². The molecule has 3 nitrogen and oxygen atoms in total. The molecule has 1 fully saturated rings. The number of ether oxygens (including phenoxy) is 1. The smallest absolute Gasteiger partial charge is 0.337 e. The van der Waals surface area contributed by atoms with Gasteiger partial charge in [-0.25, -0.2) is 0 Å². The van der Waals surface area contributed by atoms with Crippen LogP contribution in [-0.2, 0) is 13.6 Å². The molecule has 0 aromatic carbocycles. The Morgan fingerprint density at radius 2 is 1.61 bits per heavy atom. The minimum atomic E-state index is -1.96. The van der Waals surface area contributed by atoms with Crippen LogP contribution in [0.5, 0.6) is 0 Å². The van der Waals surface area contributed by atoms with Crippen LogP contribution in [0.15, 0.2) is 0 Å². The first-order chi connectivity index (χ1) is 8.60. The van der Waals surface area contributed by atoms with Gasteiger partial charge in [0.15, 0.2) is 0 Å². The summed E-state index contributed by atoms with van der Waals surface area (Å²) >= 11 is 0. The van der Waals surface area contributed by atoms with Gasteiger partial charge in [-0.05, 0) is 31.4 Å². The second-order valence-electron chi connectivity index (χ2n) is 5.76. The third-order valence-corrected chi connectivity index (χ3v) is 7.24. The second kappa shape index (κ2) is 7.63. The van der Waals surface area contributed by atoms with E-state index in [2.05, 4.69) is 27.7 Å². The van der Waals surface area contributed by atoms with Gasteiger partial charge < -0.3 is 13.6 Å². The minimum absolute atomic E-state index is 0.374. The van der Waals surface area contributed by atoms with Crippen molar-refractivity contribution in [3.05, 3.63) is 0 Å². The van der Waals surface area contributed by atoms with Gasteiger partial charge >= 0.3 is 8.56 Å². The quantitative estimate of drug-likeness (QED) is 0.568. The SMILES string of the molecule is CCCO[Si](CC)(CCC1(C)COC1)OCCC. The Morgan fingerprint density at radius 3 is 1.94 bits per heavy atom. The summed E-state index contributed by atoms with van der Waals surface area (Å²) in [4.78, 5) is 0. The summed E-state index contributed by atoms with van der Waals surface area (Å²) in [6.07, 6.45) is 3.33. The van der Waals surface area contributed by atoms with E-state index in [4.69, 9.17) is 13.6 Å². The summed E-state index contributed by atoms with van der Waals surface area (Å²) in [5, 5.41) is 0. The molecular formula is C14H30O3Si. The molecule has 1 rings (SSSR count). The van der Waals surface area contributed by atoms with Crippen molar-refractivity contribution < 1.29 is 13.6 Å². The van der Waals surface area contributed by atoms with E-state index in [0.29, 0.717) is 5.41 Å². The fourth-order valence-corrected chi connectivity index (χ4v) is 5.50. The molecule has 0 amide bonds. The van der Waals surface area contributed by atoms with Gasteiger partial charge in [0.25, 0.3) is 0 Å². The molecule has 0 aromatic rings. The van der Waals surface area contributed by atoms with Crippen LogP contribution in [0, 0.1) is 5.41 Å². The van der Waals surface area contributed by atoms with E-state index < -0.39 is 8.56 Å². The van der Waals surface area contributed by atoms with E-state index >= 15 is 0 Å².